The van der Waals surface area contributed by atoms with Gasteiger partial charge in [0.05, 0.1) is 12.1 Å². The van der Waals surface area contributed by atoms with E-state index in [-0.39, 0.29) is 6.10 Å². The second-order valence-corrected chi connectivity index (χ2v) is 3.51. The van der Waals surface area contributed by atoms with Crippen molar-refractivity contribution < 1.29 is 13.5 Å². The minimum absolute atomic E-state index is 0.267. The smallest absolute Gasteiger partial charge is 0.126 e. The Morgan fingerprint density at radius 2 is 1.88 bits per heavy atom. The van der Waals surface area contributed by atoms with E-state index in [9.17, 15) is 8.78 Å². The maximum atomic E-state index is 13.0. The van der Waals surface area contributed by atoms with E-state index >= 15 is 0 Å². The molecule has 0 aromatic heterocycles. The molecule has 0 spiro atoms. The Balaban J connectivity index is 2.94. The van der Waals surface area contributed by atoms with Gasteiger partial charge in [-0.2, -0.15) is 0 Å². The van der Waals surface area contributed by atoms with Crippen molar-refractivity contribution in [2.75, 3.05) is 6.61 Å². The summed E-state index contributed by atoms with van der Waals surface area (Å²) >= 11 is 0. The van der Waals surface area contributed by atoms with E-state index in [0.29, 0.717) is 12.2 Å². The molecule has 16 heavy (non-hydrogen) atoms. The molecule has 0 bridgehead atoms. The number of halogens is 2. The van der Waals surface area contributed by atoms with Gasteiger partial charge in [-0.15, -0.1) is 0 Å². The van der Waals surface area contributed by atoms with Crippen LogP contribution in [0.2, 0.25) is 0 Å². The molecule has 3 N–H and O–H groups in total. The van der Waals surface area contributed by atoms with Crippen molar-refractivity contribution in [3.8, 4) is 0 Å². The average Bonchev–Trinajstić information content (AvgIpc) is 2.17. The monoisotopic (exact) mass is 230 g/mol. The maximum Gasteiger partial charge on any atom is 0.126 e. The lowest BCUT2D eigenvalue weighted by atomic mass is 10.0. The first kappa shape index (κ1) is 13.0. The summed E-state index contributed by atoms with van der Waals surface area (Å²) in [6, 6.07) is 2.86. The molecule has 0 heterocycles. The average molecular weight is 230 g/mol. The van der Waals surface area contributed by atoms with Crippen LogP contribution in [0, 0.1) is 11.6 Å². The zero-order valence-electron chi connectivity index (χ0n) is 9.34. The van der Waals surface area contributed by atoms with Gasteiger partial charge in [-0.1, -0.05) is 0 Å². The Morgan fingerprint density at radius 1 is 1.31 bits per heavy atom. The fraction of sp³-hybridized carbons (Fsp3) is 0.455. The van der Waals surface area contributed by atoms with E-state index in [2.05, 4.69) is 5.43 Å². The second kappa shape index (κ2) is 5.89. The first-order chi connectivity index (χ1) is 7.58. The Bertz CT molecular complexity index is 327. The van der Waals surface area contributed by atoms with Crippen LogP contribution in [0.3, 0.4) is 0 Å². The molecule has 1 rings (SSSR count). The molecular weight excluding hydrogens is 214 g/mol. The number of hydrogen-bond acceptors (Lipinski definition) is 3. The third-order valence-electron chi connectivity index (χ3n) is 2.32. The Hall–Kier alpha value is -1.04. The van der Waals surface area contributed by atoms with E-state index in [1.807, 2.05) is 6.92 Å². The summed E-state index contributed by atoms with van der Waals surface area (Å²) in [5.74, 6) is 4.11. The normalized spacial score (nSPS) is 14.8. The van der Waals surface area contributed by atoms with Crippen molar-refractivity contribution in [1.29, 1.82) is 0 Å². The molecule has 0 saturated carbocycles. The molecule has 0 amide bonds. The molecule has 2 unspecified atom stereocenters. The number of ether oxygens (including phenoxy) is 1. The predicted octanol–water partition coefficient (Wildman–Crippen LogP) is 1.89. The summed E-state index contributed by atoms with van der Waals surface area (Å²) in [7, 11) is 0. The second-order valence-electron chi connectivity index (χ2n) is 3.51. The third kappa shape index (κ3) is 3.23. The molecule has 0 fully saturated rings. The van der Waals surface area contributed by atoms with Crippen LogP contribution in [0.25, 0.3) is 0 Å². The van der Waals surface area contributed by atoms with Gasteiger partial charge in [0, 0.05) is 12.7 Å². The van der Waals surface area contributed by atoms with Gasteiger partial charge in [0.1, 0.15) is 11.6 Å². The van der Waals surface area contributed by atoms with E-state index in [4.69, 9.17) is 10.6 Å². The molecule has 0 aliphatic heterocycles. The fourth-order valence-electron chi connectivity index (χ4n) is 1.62. The number of nitrogens with two attached hydrogens (primary N) is 1. The largest absolute Gasteiger partial charge is 0.377 e. The lowest BCUT2D eigenvalue weighted by Crippen LogP contribution is -2.36. The summed E-state index contributed by atoms with van der Waals surface area (Å²) in [5.41, 5.74) is 2.93. The van der Waals surface area contributed by atoms with Gasteiger partial charge in [0.25, 0.3) is 0 Å². The van der Waals surface area contributed by atoms with Crippen LogP contribution < -0.4 is 11.3 Å². The van der Waals surface area contributed by atoms with Gasteiger partial charge in [-0.25, -0.2) is 8.78 Å². The van der Waals surface area contributed by atoms with Gasteiger partial charge in [-0.05, 0) is 31.5 Å². The standard InChI is InChI=1S/C11H16F2N2O/c1-3-16-7(2)11(15-14)8-4-9(12)6-10(13)5-8/h4-7,11,15H,3,14H2,1-2H3. The topological polar surface area (TPSA) is 47.3 Å². The molecule has 3 nitrogen and oxygen atoms in total. The molecule has 2 atom stereocenters. The van der Waals surface area contributed by atoms with Crippen molar-refractivity contribution in [3.05, 3.63) is 35.4 Å². The Labute approximate surface area is 93.6 Å². The Kier molecular flexibility index (Phi) is 4.79. The highest BCUT2D eigenvalue weighted by molar-refractivity contribution is 5.22. The minimum atomic E-state index is -0.626. The highest BCUT2D eigenvalue weighted by Crippen LogP contribution is 2.20. The minimum Gasteiger partial charge on any atom is -0.377 e. The van der Waals surface area contributed by atoms with Crippen molar-refractivity contribution >= 4 is 0 Å². The summed E-state index contributed by atoms with van der Waals surface area (Å²) in [6.45, 7) is 4.14. The van der Waals surface area contributed by atoms with Gasteiger partial charge < -0.3 is 4.74 Å². The number of hydrogen-bond donors (Lipinski definition) is 2. The molecule has 5 heteroatoms. The molecule has 0 aliphatic carbocycles. The quantitative estimate of drug-likeness (QED) is 0.600. The molecular formula is C11H16F2N2O. The van der Waals surface area contributed by atoms with E-state index in [1.165, 1.54) is 12.1 Å². The highest BCUT2D eigenvalue weighted by atomic mass is 19.1. The number of nitrogens with one attached hydrogen (secondary N) is 1. The third-order valence-corrected chi connectivity index (χ3v) is 2.32. The van der Waals surface area contributed by atoms with Crippen LogP contribution in [0.1, 0.15) is 25.5 Å². The zero-order valence-corrected chi connectivity index (χ0v) is 9.34. The molecule has 0 aliphatic rings. The summed E-state index contributed by atoms with van der Waals surface area (Å²) in [5, 5.41) is 0. The molecule has 1 aromatic rings. The van der Waals surface area contributed by atoms with Gasteiger partial charge in [-0.3, -0.25) is 11.3 Å². The molecule has 1 aromatic carbocycles. The lowest BCUT2D eigenvalue weighted by Gasteiger charge is -2.23. The molecule has 0 radical (unpaired) electrons. The lowest BCUT2D eigenvalue weighted by molar-refractivity contribution is 0.0471. The SMILES string of the molecule is CCOC(C)C(NN)c1cc(F)cc(F)c1. The first-order valence-electron chi connectivity index (χ1n) is 5.12. The highest BCUT2D eigenvalue weighted by Gasteiger charge is 2.19. The van der Waals surface area contributed by atoms with Crippen molar-refractivity contribution in [3.63, 3.8) is 0 Å². The van der Waals surface area contributed by atoms with Crippen LogP contribution in [-0.2, 0) is 4.74 Å². The number of hydrazine groups is 1. The van der Waals surface area contributed by atoms with Crippen molar-refractivity contribution in [2.24, 2.45) is 5.84 Å². The molecule has 90 valence electrons. The first-order valence-corrected chi connectivity index (χ1v) is 5.12. The Morgan fingerprint density at radius 3 is 2.31 bits per heavy atom. The van der Waals surface area contributed by atoms with Crippen LogP contribution >= 0.6 is 0 Å². The van der Waals surface area contributed by atoms with Crippen molar-refractivity contribution in [1.82, 2.24) is 5.43 Å². The number of rotatable bonds is 5. The summed E-state index contributed by atoms with van der Waals surface area (Å²) < 4.78 is 31.4. The van der Waals surface area contributed by atoms with E-state index in [1.54, 1.807) is 6.92 Å². The predicted molar refractivity (Wildman–Crippen MR) is 57.5 cm³/mol. The summed E-state index contributed by atoms with van der Waals surface area (Å²) in [4.78, 5) is 0. The van der Waals surface area contributed by atoms with E-state index in [0.717, 1.165) is 6.07 Å². The van der Waals surface area contributed by atoms with Crippen molar-refractivity contribution in [2.45, 2.75) is 26.0 Å². The van der Waals surface area contributed by atoms with Crippen LogP contribution in [0.5, 0.6) is 0 Å². The van der Waals surface area contributed by atoms with Gasteiger partial charge in [0.15, 0.2) is 0 Å². The molecule has 0 saturated heterocycles. The van der Waals surface area contributed by atoms with E-state index < -0.39 is 17.7 Å². The summed E-state index contributed by atoms with van der Waals surface area (Å²) in [6.07, 6.45) is -0.267. The maximum absolute atomic E-state index is 13.0. The zero-order chi connectivity index (χ0) is 12.1. The fourth-order valence-corrected chi connectivity index (χ4v) is 1.62. The van der Waals surface area contributed by atoms with Crippen LogP contribution in [0.15, 0.2) is 18.2 Å². The van der Waals surface area contributed by atoms with Crippen LogP contribution in [0.4, 0.5) is 8.78 Å². The van der Waals surface area contributed by atoms with Gasteiger partial charge >= 0.3 is 0 Å². The van der Waals surface area contributed by atoms with Crippen LogP contribution in [-0.4, -0.2) is 12.7 Å². The number of benzene rings is 1. The van der Waals surface area contributed by atoms with Gasteiger partial charge in [0.2, 0.25) is 0 Å².